The van der Waals surface area contributed by atoms with Gasteiger partial charge in [0.15, 0.2) is 0 Å². The lowest BCUT2D eigenvalue weighted by molar-refractivity contribution is 0.0686. The number of rotatable bonds is 9. The minimum Gasteiger partial charge on any atom is -0.497 e. The molecule has 1 aliphatic heterocycles. The highest BCUT2D eigenvalue weighted by Crippen LogP contribution is 2.31. The van der Waals surface area contributed by atoms with Gasteiger partial charge in [-0.3, -0.25) is 9.69 Å². The molecule has 1 aliphatic rings. The zero-order chi connectivity index (χ0) is 27.4. The molecule has 7 nitrogen and oxygen atoms in total. The van der Waals surface area contributed by atoms with Crippen molar-refractivity contribution >= 4 is 5.91 Å². The number of ether oxygens (including phenoxy) is 2. The topological polar surface area (TPSA) is 59.8 Å². The largest absolute Gasteiger partial charge is 0.497 e. The van der Waals surface area contributed by atoms with Gasteiger partial charge in [-0.25, -0.2) is 4.68 Å². The van der Waals surface area contributed by atoms with Crippen LogP contribution in [0.4, 0.5) is 0 Å². The van der Waals surface area contributed by atoms with Gasteiger partial charge in [-0.15, -0.1) is 0 Å². The van der Waals surface area contributed by atoms with Crippen molar-refractivity contribution in [3.05, 3.63) is 107 Å². The highest BCUT2D eigenvalue weighted by molar-refractivity contribution is 5.94. The number of fused-ring (bicyclic) bond motifs is 1. The van der Waals surface area contributed by atoms with E-state index < -0.39 is 0 Å². The van der Waals surface area contributed by atoms with Crippen molar-refractivity contribution in [1.29, 1.82) is 0 Å². The van der Waals surface area contributed by atoms with Gasteiger partial charge in [0.1, 0.15) is 17.2 Å². The van der Waals surface area contributed by atoms with Crippen molar-refractivity contribution in [2.24, 2.45) is 0 Å². The van der Waals surface area contributed by atoms with Gasteiger partial charge in [-0.2, -0.15) is 5.10 Å². The summed E-state index contributed by atoms with van der Waals surface area (Å²) in [6, 6.07) is 25.8. The second-order valence-electron chi connectivity index (χ2n) is 10.2. The maximum atomic E-state index is 13.7. The molecular formula is C32H36N4O3. The first-order chi connectivity index (χ1) is 19.0. The normalized spacial score (nSPS) is 13.3. The molecule has 4 aromatic rings. The zero-order valence-electron chi connectivity index (χ0n) is 23.1. The maximum absolute atomic E-state index is 13.7. The first-order valence-corrected chi connectivity index (χ1v) is 13.4. The van der Waals surface area contributed by atoms with E-state index in [0.29, 0.717) is 17.9 Å². The Morgan fingerprint density at radius 3 is 2.49 bits per heavy atom. The van der Waals surface area contributed by atoms with Crippen LogP contribution in [-0.2, 0) is 26.1 Å². The Kier molecular flexibility index (Phi) is 7.98. The number of hydrogen-bond acceptors (Lipinski definition) is 5. The van der Waals surface area contributed by atoms with Crippen LogP contribution in [0, 0.1) is 0 Å². The number of amides is 1. The molecule has 1 aromatic heterocycles. The third-order valence-corrected chi connectivity index (χ3v) is 7.30. The fourth-order valence-corrected chi connectivity index (χ4v) is 5.22. The Morgan fingerprint density at radius 1 is 0.974 bits per heavy atom. The average Bonchev–Trinajstić information content (AvgIpc) is 3.33. The summed E-state index contributed by atoms with van der Waals surface area (Å²) < 4.78 is 13.1. The van der Waals surface area contributed by atoms with E-state index in [-0.39, 0.29) is 11.9 Å². The highest BCUT2D eigenvalue weighted by Gasteiger charge is 2.29. The van der Waals surface area contributed by atoms with E-state index in [4.69, 9.17) is 14.6 Å². The molecule has 2 heterocycles. The van der Waals surface area contributed by atoms with Crippen LogP contribution >= 0.6 is 0 Å². The molecule has 0 atom stereocenters. The third-order valence-electron chi connectivity index (χ3n) is 7.30. The number of carbonyl (C=O) groups is 1. The predicted octanol–water partition coefficient (Wildman–Crippen LogP) is 5.50. The molecule has 1 amide bonds. The number of carbonyl (C=O) groups excluding carboxylic acids is 1. The standard InChI is InChI=1S/C32H36N4O3/c1-23(2)35(32(37)25-13-10-14-26(19-25)38-3)22-28-27-21-34(20-24-11-6-5-7-12-24)18-17-29(27)36(33-28)30-15-8-9-16-31(30)39-4/h5-16,19,23H,17-18,20-22H2,1-4H3. The molecular weight excluding hydrogens is 488 g/mol. The van der Waals surface area contributed by atoms with E-state index in [1.807, 2.05) is 72.0 Å². The smallest absolute Gasteiger partial charge is 0.254 e. The van der Waals surface area contributed by atoms with Crippen LogP contribution in [0.5, 0.6) is 11.5 Å². The predicted molar refractivity (Wildman–Crippen MR) is 152 cm³/mol. The molecule has 0 bridgehead atoms. The number of benzene rings is 3. The van der Waals surface area contributed by atoms with Crippen molar-refractivity contribution in [2.45, 2.75) is 45.9 Å². The number of para-hydroxylation sites is 2. The molecule has 0 N–H and O–H groups in total. The Labute approximate surface area is 230 Å². The van der Waals surface area contributed by atoms with Crippen molar-refractivity contribution in [2.75, 3.05) is 20.8 Å². The molecule has 0 saturated heterocycles. The Balaban J connectivity index is 1.52. The fraction of sp³-hybridized carbons (Fsp3) is 0.312. The third kappa shape index (κ3) is 5.68. The number of aromatic nitrogens is 2. The van der Waals surface area contributed by atoms with Crippen LogP contribution in [0.3, 0.4) is 0 Å². The quantitative estimate of drug-likeness (QED) is 0.289. The molecule has 39 heavy (non-hydrogen) atoms. The molecule has 0 aliphatic carbocycles. The van der Waals surface area contributed by atoms with E-state index in [9.17, 15) is 4.79 Å². The van der Waals surface area contributed by atoms with Gasteiger partial charge in [0, 0.05) is 43.2 Å². The van der Waals surface area contributed by atoms with Crippen molar-refractivity contribution in [3.8, 4) is 17.2 Å². The Morgan fingerprint density at radius 2 is 1.74 bits per heavy atom. The molecule has 202 valence electrons. The van der Waals surface area contributed by atoms with Crippen LogP contribution in [0.25, 0.3) is 5.69 Å². The lowest BCUT2D eigenvalue weighted by Gasteiger charge is -2.30. The van der Waals surface area contributed by atoms with Crippen LogP contribution in [0.15, 0.2) is 78.9 Å². The van der Waals surface area contributed by atoms with Gasteiger partial charge in [-0.1, -0.05) is 48.5 Å². The number of methoxy groups -OCH3 is 2. The van der Waals surface area contributed by atoms with Crippen LogP contribution < -0.4 is 9.47 Å². The Hall–Kier alpha value is -4.10. The molecule has 3 aromatic carbocycles. The van der Waals surface area contributed by atoms with E-state index in [1.165, 1.54) is 16.8 Å². The number of hydrogen-bond donors (Lipinski definition) is 0. The lowest BCUT2D eigenvalue weighted by atomic mass is 10.0. The van der Waals surface area contributed by atoms with Gasteiger partial charge >= 0.3 is 0 Å². The summed E-state index contributed by atoms with van der Waals surface area (Å²) in [4.78, 5) is 18.1. The van der Waals surface area contributed by atoms with Gasteiger partial charge < -0.3 is 14.4 Å². The van der Waals surface area contributed by atoms with E-state index in [0.717, 1.165) is 43.2 Å². The molecule has 7 heteroatoms. The van der Waals surface area contributed by atoms with E-state index in [1.54, 1.807) is 20.3 Å². The van der Waals surface area contributed by atoms with Crippen LogP contribution in [0.1, 0.15) is 46.7 Å². The van der Waals surface area contributed by atoms with Crippen LogP contribution in [-0.4, -0.2) is 52.3 Å². The lowest BCUT2D eigenvalue weighted by Crippen LogP contribution is -2.37. The summed E-state index contributed by atoms with van der Waals surface area (Å²) in [5, 5.41) is 5.14. The van der Waals surface area contributed by atoms with E-state index in [2.05, 4.69) is 29.2 Å². The minimum absolute atomic E-state index is 0.0141. The summed E-state index contributed by atoms with van der Waals surface area (Å²) >= 11 is 0. The molecule has 0 fully saturated rings. The van der Waals surface area contributed by atoms with Crippen LogP contribution in [0.2, 0.25) is 0 Å². The van der Waals surface area contributed by atoms with Crippen molar-refractivity contribution in [3.63, 3.8) is 0 Å². The number of nitrogens with zero attached hydrogens (tertiary/aromatic N) is 4. The van der Waals surface area contributed by atoms with Gasteiger partial charge in [0.25, 0.3) is 5.91 Å². The maximum Gasteiger partial charge on any atom is 0.254 e. The van der Waals surface area contributed by atoms with Crippen molar-refractivity contribution in [1.82, 2.24) is 19.6 Å². The van der Waals surface area contributed by atoms with E-state index >= 15 is 0 Å². The molecule has 0 spiro atoms. The molecule has 0 saturated carbocycles. The molecule has 5 rings (SSSR count). The average molecular weight is 525 g/mol. The summed E-state index contributed by atoms with van der Waals surface area (Å²) in [6.45, 7) is 7.08. The molecule has 0 unspecified atom stereocenters. The zero-order valence-corrected chi connectivity index (χ0v) is 23.1. The monoisotopic (exact) mass is 524 g/mol. The van der Waals surface area contributed by atoms with Gasteiger partial charge in [0.2, 0.25) is 0 Å². The van der Waals surface area contributed by atoms with Gasteiger partial charge in [-0.05, 0) is 49.7 Å². The molecule has 0 radical (unpaired) electrons. The first-order valence-electron chi connectivity index (χ1n) is 13.4. The first kappa shape index (κ1) is 26.5. The van der Waals surface area contributed by atoms with Gasteiger partial charge in [0.05, 0.1) is 32.2 Å². The Bertz CT molecular complexity index is 1430. The summed E-state index contributed by atoms with van der Waals surface area (Å²) in [6.07, 6.45) is 0.860. The second-order valence-corrected chi connectivity index (χ2v) is 10.2. The summed E-state index contributed by atoms with van der Waals surface area (Å²) in [5.74, 6) is 1.40. The fourth-order valence-electron chi connectivity index (χ4n) is 5.22. The summed E-state index contributed by atoms with van der Waals surface area (Å²) in [7, 11) is 3.30. The SMILES string of the molecule is COc1cccc(C(=O)N(Cc2nn(-c3ccccc3OC)c3c2CN(Cc2ccccc2)CC3)C(C)C)c1. The highest BCUT2D eigenvalue weighted by atomic mass is 16.5. The summed E-state index contributed by atoms with van der Waals surface area (Å²) in [5.41, 5.74) is 6.08. The van der Waals surface area contributed by atoms with Crippen molar-refractivity contribution < 1.29 is 14.3 Å². The minimum atomic E-state index is -0.0403. The second kappa shape index (κ2) is 11.7.